The third kappa shape index (κ3) is 4.00. The van der Waals surface area contributed by atoms with Crippen LogP contribution in [0.5, 0.6) is 5.75 Å². The van der Waals surface area contributed by atoms with Gasteiger partial charge < -0.3 is 14.5 Å². The van der Waals surface area contributed by atoms with E-state index in [1.54, 1.807) is 13.4 Å². The fourth-order valence-electron chi connectivity index (χ4n) is 3.53. The molecule has 140 valence electrons. The lowest BCUT2D eigenvalue weighted by molar-refractivity contribution is 0.149. The fourth-order valence-corrected chi connectivity index (χ4v) is 3.72. The van der Waals surface area contributed by atoms with Crippen LogP contribution in [0.1, 0.15) is 17.3 Å². The molecule has 3 aromatic rings. The monoisotopic (exact) mass is 383 g/mol. The van der Waals surface area contributed by atoms with Crippen molar-refractivity contribution in [1.29, 1.82) is 0 Å². The maximum atomic E-state index is 6.08. The van der Waals surface area contributed by atoms with Crippen molar-refractivity contribution < 1.29 is 9.15 Å². The molecule has 27 heavy (non-hydrogen) atoms. The summed E-state index contributed by atoms with van der Waals surface area (Å²) in [6, 6.07) is 16.0. The molecular weight excluding hydrogens is 362 g/mol. The molecule has 2 aromatic carbocycles. The Morgan fingerprint density at radius 1 is 1.26 bits per heavy atom. The normalized spacial score (nSPS) is 17.8. The number of para-hydroxylation sites is 1. The van der Waals surface area contributed by atoms with Crippen LogP contribution < -0.4 is 10.1 Å². The maximum Gasteiger partial charge on any atom is 0.226 e. The number of benzene rings is 2. The van der Waals surface area contributed by atoms with E-state index in [2.05, 4.69) is 27.3 Å². The first-order valence-electron chi connectivity index (χ1n) is 9.02. The quantitative estimate of drug-likeness (QED) is 0.717. The van der Waals surface area contributed by atoms with E-state index in [-0.39, 0.29) is 6.04 Å². The Balaban J connectivity index is 1.55. The Labute approximate surface area is 163 Å². The second-order valence-electron chi connectivity index (χ2n) is 6.59. The summed E-state index contributed by atoms with van der Waals surface area (Å²) in [5.74, 6) is 1.51. The third-order valence-electron chi connectivity index (χ3n) is 4.84. The minimum Gasteiger partial charge on any atom is -0.496 e. The van der Waals surface area contributed by atoms with Gasteiger partial charge in [0.15, 0.2) is 0 Å². The lowest BCUT2D eigenvalue weighted by Gasteiger charge is -2.36. The number of oxazole rings is 1. The van der Waals surface area contributed by atoms with Gasteiger partial charge >= 0.3 is 0 Å². The van der Waals surface area contributed by atoms with E-state index in [9.17, 15) is 0 Å². The van der Waals surface area contributed by atoms with Crippen molar-refractivity contribution in [2.45, 2.75) is 12.6 Å². The molecule has 0 amide bonds. The van der Waals surface area contributed by atoms with Gasteiger partial charge in [0.05, 0.1) is 18.8 Å². The van der Waals surface area contributed by atoms with Crippen molar-refractivity contribution >= 4 is 11.6 Å². The largest absolute Gasteiger partial charge is 0.496 e. The van der Waals surface area contributed by atoms with Gasteiger partial charge in [-0.15, -0.1) is 0 Å². The molecule has 0 spiro atoms. The Morgan fingerprint density at radius 3 is 3.00 bits per heavy atom. The molecule has 1 aromatic heterocycles. The van der Waals surface area contributed by atoms with Gasteiger partial charge in [0.25, 0.3) is 0 Å². The summed E-state index contributed by atoms with van der Waals surface area (Å²) < 4.78 is 11.3. The van der Waals surface area contributed by atoms with E-state index in [1.807, 2.05) is 36.4 Å². The molecule has 1 aliphatic rings. The van der Waals surface area contributed by atoms with Gasteiger partial charge in [0.2, 0.25) is 5.89 Å². The highest BCUT2D eigenvalue weighted by Crippen LogP contribution is 2.31. The average Bonchev–Trinajstić information content (AvgIpc) is 3.17. The van der Waals surface area contributed by atoms with Gasteiger partial charge in [0.1, 0.15) is 12.0 Å². The van der Waals surface area contributed by atoms with Gasteiger partial charge in [-0.3, -0.25) is 4.90 Å². The smallest absolute Gasteiger partial charge is 0.226 e. The second-order valence-corrected chi connectivity index (χ2v) is 7.02. The van der Waals surface area contributed by atoms with E-state index in [0.717, 1.165) is 36.6 Å². The number of rotatable bonds is 5. The summed E-state index contributed by atoms with van der Waals surface area (Å²) in [6.07, 6.45) is 1.73. The van der Waals surface area contributed by atoms with Gasteiger partial charge in [-0.2, -0.15) is 0 Å². The highest BCUT2D eigenvalue weighted by Gasteiger charge is 2.27. The average molecular weight is 384 g/mol. The standard InChI is InChI=1S/C21H22ClN3O2/c1-26-20-8-3-2-7-18(20)19-12-23-9-10-25(19)13-17-14-27-21(24-17)15-5-4-6-16(22)11-15/h2-8,11,14,19,23H,9-10,12-13H2,1H3. The fraction of sp³-hybridized carbons (Fsp3) is 0.286. The summed E-state index contributed by atoms with van der Waals surface area (Å²) in [7, 11) is 1.72. The molecule has 6 heteroatoms. The van der Waals surface area contributed by atoms with Crippen LogP contribution >= 0.6 is 11.6 Å². The highest BCUT2D eigenvalue weighted by molar-refractivity contribution is 6.30. The summed E-state index contributed by atoms with van der Waals surface area (Å²) in [5.41, 5.74) is 2.98. The van der Waals surface area contributed by atoms with Crippen LogP contribution in [0.3, 0.4) is 0 Å². The number of halogens is 1. The molecule has 0 bridgehead atoms. The minimum absolute atomic E-state index is 0.223. The van der Waals surface area contributed by atoms with Crippen LogP contribution in [0.4, 0.5) is 0 Å². The van der Waals surface area contributed by atoms with E-state index >= 15 is 0 Å². The predicted molar refractivity (Wildman–Crippen MR) is 106 cm³/mol. The number of aromatic nitrogens is 1. The van der Waals surface area contributed by atoms with E-state index in [1.165, 1.54) is 5.56 Å². The van der Waals surface area contributed by atoms with Crippen LogP contribution in [0, 0.1) is 0 Å². The van der Waals surface area contributed by atoms with Gasteiger partial charge in [0, 0.05) is 42.3 Å². The number of hydrogen-bond acceptors (Lipinski definition) is 5. The summed E-state index contributed by atoms with van der Waals surface area (Å²) in [4.78, 5) is 7.08. The third-order valence-corrected chi connectivity index (χ3v) is 5.08. The Hall–Kier alpha value is -2.34. The van der Waals surface area contributed by atoms with Crippen molar-refractivity contribution in [1.82, 2.24) is 15.2 Å². The van der Waals surface area contributed by atoms with Crippen molar-refractivity contribution in [3.05, 3.63) is 71.1 Å². The first-order valence-corrected chi connectivity index (χ1v) is 9.40. The molecule has 1 fully saturated rings. The zero-order valence-corrected chi connectivity index (χ0v) is 15.9. The topological polar surface area (TPSA) is 50.5 Å². The lowest BCUT2D eigenvalue weighted by Crippen LogP contribution is -2.45. The molecule has 0 aliphatic carbocycles. The minimum atomic E-state index is 0.223. The van der Waals surface area contributed by atoms with E-state index in [0.29, 0.717) is 17.5 Å². The number of methoxy groups -OCH3 is 1. The molecule has 1 unspecified atom stereocenters. The van der Waals surface area contributed by atoms with Crippen LogP contribution in [0.25, 0.3) is 11.5 Å². The highest BCUT2D eigenvalue weighted by atomic mass is 35.5. The van der Waals surface area contributed by atoms with Crippen LogP contribution in [0.2, 0.25) is 5.02 Å². The number of nitrogens with one attached hydrogen (secondary N) is 1. The number of nitrogens with zero attached hydrogens (tertiary/aromatic N) is 2. The molecule has 1 saturated heterocycles. The molecule has 0 saturated carbocycles. The molecule has 2 heterocycles. The SMILES string of the molecule is COc1ccccc1C1CNCCN1Cc1coc(-c2cccc(Cl)c2)n1. The second kappa shape index (κ2) is 8.13. The Morgan fingerprint density at radius 2 is 2.15 bits per heavy atom. The van der Waals surface area contributed by atoms with Crippen molar-refractivity contribution in [2.75, 3.05) is 26.7 Å². The zero-order valence-electron chi connectivity index (χ0n) is 15.2. The van der Waals surface area contributed by atoms with Crippen LogP contribution in [-0.2, 0) is 6.54 Å². The number of piperazine rings is 1. The molecule has 4 rings (SSSR count). The first kappa shape index (κ1) is 18.0. The zero-order chi connectivity index (χ0) is 18.6. The van der Waals surface area contributed by atoms with Gasteiger partial charge in [-0.05, 0) is 24.3 Å². The van der Waals surface area contributed by atoms with Gasteiger partial charge in [-0.1, -0.05) is 35.9 Å². The maximum absolute atomic E-state index is 6.08. The van der Waals surface area contributed by atoms with E-state index < -0.39 is 0 Å². The van der Waals surface area contributed by atoms with Gasteiger partial charge in [-0.25, -0.2) is 4.98 Å². The summed E-state index contributed by atoms with van der Waals surface area (Å²) >= 11 is 6.08. The molecular formula is C21H22ClN3O2. The molecule has 1 aliphatic heterocycles. The van der Waals surface area contributed by atoms with Crippen molar-refractivity contribution in [3.63, 3.8) is 0 Å². The van der Waals surface area contributed by atoms with Crippen molar-refractivity contribution in [3.8, 4) is 17.2 Å². The molecule has 0 radical (unpaired) electrons. The Bertz CT molecular complexity index is 912. The summed E-state index contributed by atoms with van der Waals surface area (Å²) in [6.45, 7) is 3.47. The predicted octanol–water partition coefficient (Wildman–Crippen LogP) is 4.15. The van der Waals surface area contributed by atoms with Crippen LogP contribution in [-0.4, -0.2) is 36.6 Å². The first-order chi connectivity index (χ1) is 13.2. The Kier molecular flexibility index (Phi) is 5.43. The van der Waals surface area contributed by atoms with Crippen molar-refractivity contribution in [2.24, 2.45) is 0 Å². The summed E-state index contributed by atoms with van der Waals surface area (Å²) in [5, 5.41) is 4.15. The molecule has 5 nitrogen and oxygen atoms in total. The number of ether oxygens (including phenoxy) is 1. The van der Waals surface area contributed by atoms with E-state index in [4.69, 9.17) is 20.8 Å². The molecule has 1 N–H and O–H groups in total. The number of hydrogen-bond donors (Lipinski definition) is 1. The van der Waals surface area contributed by atoms with Crippen LogP contribution in [0.15, 0.2) is 59.2 Å². The molecule has 1 atom stereocenters. The lowest BCUT2D eigenvalue weighted by atomic mass is 10.0.